The third kappa shape index (κ3) is 4.18. The van der Waals surface area contributed by atoms with Crippen LogP contribution in [-0.4, -0.2) is 52.6 Å². The highest BCUT2D eigenvalue weighted by Crippen LogP contribution is 2.37. The van der Waals surface area contributed by atoms with E-state index < -0.39 is 11.2 Å². The minimum absolute atomic E-state index is 0.238. The van der Waals surface area contributed by atoms with Crippen molar-refractivity contribution in [2.24, 2.45) is 0 Å². The Morgan fingerprint density at radius 2 is 1.96 bits per heavy atom. The third-order valence-corrected chi connectivity index (χ3v) is 5.01. The van der Waals surface area contributed by atoms with E-state index in [9.17, 15) is 14.3 Å². The first-order valence-electron chi connectivity index (χ1n) is 9.13. The maximum Gasteiger partial charge on any atom is 0.410 e. The van der Waals surface area contributed by atoms with Gasteiger partial charge in [-0.25, -0.2) is 9.18 Å². The van der Waals surface area contributed by atoms with Crippen molar-refractivity contribution in [2.45, 2.75) is 70.2 Å². The van der Waals surface area contributed by atoms with E-state index in [2.05, 4.69) is 0 Å². The average molecular weight is 365 g/mol. The topological polar surface area (TPSA) is 59.0 Å². The first kappa shape index (κ1) is 19.1. The Kier molecular flexibility index (Phi) is 5.01. The summed E-state index contributed by atoms with van der Waals surface area (Å²) in [6, 6.07) is 4.59. The monoisotopic (exact) mass is 365 g/mol. The number of hydrogen-bond donors (Lipinski definition) is 1. The molecule has 0 spiro atoms. The molecule has 0 aromatic heterocycles. The Balaban J connectivity index is 1.75. The zero-order chi connectivity index (χ0) is 19.1. The van der Waals surface area contributed by atoms with Gasteiger partial charge in [0.2, 0.25) is 0 Å². The van der Waals surface area contributed by atoms with Crippen LogP contribution in [0, 0.1) is 12.7 Å². The standard InChI is InChI=1S/C20H28FNO4/c1-13-5-6-14(7-17(13)21)8-20(24)9-15-11-25-12-16(10-20)22(15)18(23)26-19(2,3)4/h5-7,15-16,24H,8-12H2,1-4H3. The maximum absolute atomic E-state index is 13.8. The van der Waals surface area contributed by atoms with Gasteiger partial charge in [-0.3, -0.25) is 4.90 Å². The molecule has 2 unspecified atom stereocenters. The van der Waals surface area contributed by atoms with Gasteiger partial charge in [-0.05, 0) is 57.7 Å². The number of carbonyl (C=O) groups excluding carboxylic acids is 1. The van der Waals surface area contributed by atoms with E-state index in [1.807, 2.05) is 26.8 Å². The fourth-order valence-corrected chi connectivity index (χ4v) is 3.96. The molecule has 6 heteroatoms. The van der Waals surface area contributed by atoms with E-state index in [0.717, 1.165) is 5.56 Å². The van der Waals surface area contributed by atoms with Gasteiger partial charge in [0.25, 0.3) is 0 Å². The van der Waals surface area contributed by atoms with Gasteiger partial charge in [0.1, 0.15) is 11.4 Å². The van der Waals surface area contributed by atoms with Gasteiger partial charge in [-0.15, -0.1) is 0 Å². The number of nitrogens with zero attached hydrogens (tertiary/aromatic N) is 1. The summed E-state index contributed by atoms with van der Waals surface area (Å²) in [5, 5.41) is 11.2. The van der Waals surface area contributed by atoms with Gasteiger partial charge in [0.05, 0.1) is 30.9 Å². The number of piperidine rings is 1. The van der Waals surface area contributed by atoms with E-state index >= 15 is 0 Å². The number of ether oxygens (including phenoxy) is 2. The van der Waals surface area contributed by atoms with Crippen LogP contribution in [0.3, 0.4) is 0 Å². The van der Waals surface area contributed by atoms with E-state index in [-0.39, 0.29) is 24.0 Å². The number of halogens is 1. The zero-order valence-corrected chi connectivity index (χ0v) is 15.9. The average Bonchev–Trinajstić information content (AvgIpc) is 2.48. The minimum atomic E-state index is -0.987. The van der Waals surface area contributed by atoms with Crippen LogP contribution in [0.15, 0.2) is 18.2 Å². The lowest BCUT2D eigenvalue weighted by Gasteiger charge is -2.51. The summed E-state index contributed by atoms with van der Waals surface area (Å²) in [5.41, 5.74) is -0.204. The molecule has 2 atom stereocenters. The predicted octanol–water partition coefficient (Wildman–Crippen LogP) is 3.21. The quantitative estimate of drug-likeness (QED) is 0.874. The molecule has 2 bridgehead atoms. The molecule has 2 fully saturated rings. The summed E-state index contributed by atoms with van der Waals surface area (Å²) < 4.78 is 25.0. The first-order chi connectivity index (χ1) is 12.1. The molecule has 0 saturated carbocycles. The van der Waals surface area contributed by atoms with Gasteiger partial charge >= 0.3 is 6.09 Å². The van der Waals surface area contributed by atoms with Crippen LogP contribution in [0.4, 0.5) is 9.18 Å². The van der Waals surface area contributed by atoms with Crippen LogP contribution in [0.2, 0.25) is 0 Å². The Morgan fingerprint density at radius 3 is 2.50 bits per heavy atom. The molecule has 1 N–H and O–H groups in total. The highest BCUT2D eigenvalue weighted by Gasteiger charge is 2.49. The molecule has 0 radical (unpaired) electrons. The van der Waals surface area contributed by atoms with Crippen molar-refractivity contribution in [1.82, 2.24) is 4.90 Å². The summed E-state index contributed by atoms with van der Waals surface area (Å²) in [6.07, 6.45) is 0.773. The Hall–Kier alpha value is -1.66. The van der Waals surface area contributed by atoms with Gasteiger partial charge in [-0.1, -0.05) is 12.1 Å². The van der Waals surface area contributed by atoms with E-state index in [1.165, 1.54) is 6.07 Å². The lowest BCUT2D eigenvalue weighted by atomic mass is 9.77. The van der Waals surface area contributed by atoms with Crippen LogP contribution in [-0.2, 0) is 15.9 Å². The molecule has 2 aliphatic heterocycles. The molecule has 1 amide bonds. The van der Waals surface area contributed by atoms with Crippen LogP contribution in [0.1, 0.15) is 44.7 Å². The molecule has 2 aliphatic rings. The van der Waals surface area contributed by atoms with Crippen molar-refractivity contribution in [3.8, 4) is 0 Å². The van der Waals surface area contributed by atoms with Crippen molar-refractivity contribution >= 4 is 6.09 Å². The minimum Gasteiger partial charge on any atom is -0.444 e. The Morgan fingerprint density at radius 1 is 1.35 bits per heavy atom. The number of aryl methyl sites for hydroxylation is 1. The van der Waals surface area contributed by atoms with Crippen molar-refractivity contribution < 1.29 is 23.8 Å². The van der Waals surface area contributed by atoms with Crippen molar-refractivity contribution in [3.05, 3.63) is 35.1 Å². The second kappa shape index (κ2) is 6.82. The summed E-state index contributed by atoms with van der Waals surface area (Å²) in [7, 11) is 0. The molecule has 2 saturated heterocycles. The van der Waals surface area contributed by atoms with Crippen LogP contribution in [0.25, 0.3) is 0 Å². The molecular formula is C20H28FNO4. The molecule has 1 aromatic carbocycles. The molecule has 0 aliphatic carbocycles. The first-order valence-corrected chi connectivity index (χ1v) is 9.13. The largest absolute Gasteiger partial charge is 0.444 e. The van der Waals surface area contributed by atoms with Crippen molar-refractivity contribution in [3.63, 3.8) is 0 Å². The van der Waals surface area contributed by atoms with Crippen LogP contribution >= 0.6 is 0 Å². The molecule has 1 aromatic rings. The lowest BCUT2D eigenvalue weighted by molar-refractivity contribution is -0.137. The lowest BCUT2D eigenvalue weighted by Crippen LogP contribution is -2.64. The van der Waals surface area contributed by atoms with Gasteiger partial charge in [-0.2, -0.15) is 0 Å². The smallest absolute Gasteiger partial charge is 0.410 e. The molecule has 3 rings (SSSR count). The molecule has 144 valence electrons. The Bertz CT molecular complexity index is 671. The highest BCUT2D eigenvalue weighted by atomic mass is 19.1. The number of morpholine rings is 1. The fourth-order valence-electron chi connectivity index (χ4n) is 3.96. The summed E-state index contributed by atoms with van der Waals surface area (Å²) in [4.78, 5) is 14.3. The van der Waals surface area contributed by atoms with Crippen LogP contribution < -0.4 is 0 Å². The number of benzene rings is 1. The van der Waals surface area contributed by atoms with Gasteiger partial charge < -0.3 is 14.6 Å². The number of amides is 1. The maximum atomic E-state index is 13.8. The number of carbonyl (C=O) groups is 1. The summed E-state index contributed by atoms with van der Waals surface area (Å²) >= 11 is 0. The predicted molar refractivity (Wildman–Crippen MR) is 95.5 cm³/mol. The third-order valence-electron chi connectivity index (χ3n) is 5.01. The Labute approximate surface area is 154 Å². The molecular weight excluding hydrogens is 337 g/mol. The molecule has 5 nitrogen and oxygen atoms in total. The van der Waals surface area contributed by atoms with E-state index in [0.29, 0.717) is 38.0 Å². The second-order valence-electron chi connectivity index (χ2n) is 8.63. The van der Waals surface area contributed by atoms with Gasteiger partial charge in [0.15, 0.2) is 0 Å². The van der Waals surface area contributed by atoms with Crippen molar-refractivity contribution in [2.75, 3.05) is 13.2 Å². The SMILES string of the molecule is Cc1ccc(CC2(O)CC3COCC(C2)N3C(=O)OC(C)(C)C)cc1F. The molecule has 2 heterocycles. The number of hydrogen-bond acceptors (Lipinski definition) is 4. The fraction of sp³-hybridized carbons (Fsp3) is 0.650. The number of aliphatic hydroxyl groups is 1. The van der Waals surface area contributed by atoms with Crippen molar-refractivity contribution in [1.29, 1.82) is 0 Å². The van der Waals surface area contributed by atoms with Gasteiger partial charge in [0, 0.05) is 6.42 Å². The summed E-state index contributed by atoms with van der Waals surface area (Å²) in [6.45, 7) is 7.98. The van der Waals surface area contributed by atoms with E-state index in [4.69, 9.17) is 9.47 Å². The number of rotatable bonds is 2. The highest BCUT2D eigenvalue weighted by molar-refractivity contribution is 5.69. The summed E-state index contributed by atoms with van der Waals surface area (Å²) in [5.74, 6) is -0.263. The van der Waals surface area contributed by atoms with E-state index in [1.54, 1.807) is 17.9 Å². The number of fused-ring (bicyclic) bond motifs is 2. The van der Waals surface area contributed by atoms with Crippen LogP contribution in [0.5, 0.6) is 0 Å². The normalized spacial score (nSPS) is 28.8. The zero-order valence-electron chi connectivity index (χ0n) is 15.9. The molecule has 26 heavy (non-hydrogen) atoms. The second-order valence-corrected chi connectivity index (χ2v) is 8.63.